The molecule has 0 N–H and O–H groups in total. The molecule has 0 fully saturated rings. The van der Waals surface area contributed by atoms with Gasteiger partial charge in [0.05, 0.1) is 0 Å². The molecule has 0 amide bonds. The molecule has 2 atom stereocenters. The molecule has 0 spiro atoms. The fraction of sp³-hybridized carbons (Fsp3) is 0.769. The van der Waals surface area contributed by atoms with Crippen LogP contribution in [0.5, 0.6) is 0 Å². The average Bonchev–Trinajstić information content (AvgIpc) is 2.07. The summed E-state index contributed by atoms with van der Waals surface area (Å²) in [5.41, 5.74) is 1.05. The lowest BCUT2D eigenvalue weighted by Crippen LogP contribution is -2.30. The van der Waals surface area contributed by atoms with Crippen molar-refractivity contribution in [1.82, 2.24) is 0 Å². The quantitative estimate of drug-likeness (QED) is 0.653. The Morgan fingerprint density at radius 3 is 2.53 bits per heavy atom. The number of carbonyl (C=O) groups is 1. The van der Waals surface area contributed by atoms with Gasteiger partial charge in [0.1, 0.15) is 6.10 Å². The minimum absolute atomic E-state index is 0.0698. The number of carbonyl (C=O) groups excluding carboxylic acids is 1. The van der Waals surface area contributed by atoms with Gasteiger partial charge in [0.25, 0.3) is 0 Å². The average molecular weight is 210 g/mol. The molecular formula is C13H22O2. The molecule has 2 heteroatoms. The summed E-state index contributed by atoms with van der Waals surface area (Å²) in [6.45, 7) is 10.6. The monoisotopic (exact) mass is 210 g/mol. The lowest BCUT2D eigenvalue weighted by Gasteiger charge is -2.29. The van der Waals surface area contributed by atoms with E-state index in [1.54, 1.807) is 0 Å². The Kier molecular flexibility index (Phi) is 3.58. The molecule has 0 aromatic carbocycles. The Morgan fingerprint density at radius 2 is 2.00 bits per heavy atom. The molecule has 2 unspecified atom stereocenters. The van der Waals surface area contributed by atoms with Crippen LogP contribution in [0, 0.1) is 11.3 Å². The molecule has 86 valence electrons. The maximum atomic E-state index is 11.4. The van der Waals surface area contributed by atoms with Crippen LogP contribution in [-0.4, -0.2) is 12.1 Å². The zero-order chi connectivity index (χ0) is 11.6. The van der Waals surface area contributed by atoms with Gasteiger partial charge in [-0.3, -0.25) is 0 Å². The van der Waals surface area contributed by atoms with Crippen molar-refractivity contribution in [3.63, 3.8) is 0 Å². The highest BCUT2D eigenvalue weighted by molar-refractivity contribution is 5.88. The topological polar surface area (TPSA) is 26.3 Å². The third-order valence-electron chi connectivity index (χ3n) is 2.86. The van der Waals surface area contributed by atoms with E-state index in [0.29, 0.717) is 11.3 Å². The molecular weight excluding hydrogens is 188 g/mol. The molecule has 15 heavy (non-hydrogen) atoms. The smallest absolute Gasteiger partial charge is 0.333 e. The Hall–Kier alpha value is -0.790. The van der Waals surface area contributed by atoms with E-state index in [0.717, 1.165) is 18.4 Å². The van der Waals surface area contributed by atoms with Gasteiger partial charge in [-0.05, 0) is 25.2 Å². The second-order valence-corrected chi connectivity index (χ2v) is 5.75. The molecule has 1 heterocycles. The standard InChI is InChI=1S/C13H22O2/c1-9-8-10(2)12(14)15-11(9)6-7-13(3,4)5/h8-9,11H,6-7H2,1-5H3. The second-order valence-electron chi connectivity index (χ2n) is 5.75. The highest BCUT2D eigenvalue weighted by Gasteiger charge is 2.27. The van der Waals surface area contributed by atoms with Gasteiger partial charge < -0.3 is 4.74 Å². The van der Waals surface area contributed by atoms with Crippen molar-refractivity contribution in [2.45, 2.75) is 53.6 Å². The minimum Gasteiger partial charge on any atom is -0.458 e. The highest BCUT2D eigenvalue weighted by atomic mass is 16.5. The number of ether oxygens (including phenoxy) is 1. The third kappa shape index (κ3) is 3.69. The number of rotatable bonds is 2. The molecule has 0 saturated carbocycles. The first-order valence-corrected chi connectivity index (χ1v) is 5.69. The van der Waals surface area contributed by atoms with E-state index >= 15 is 0 Å². The molecule has 1 aliphatic heterocycles. The first-order valence-electron chi connectivity index (χ1n) is 5.69. The van der Waals surface area contributed by atoms with Gasteiger partial charge in [-0.15, -0.1) is 0 Å². The van der Waals surface area contributed by atoms with Crippen LogP contribution in [0.3, 0.4) is 0 Å². The van der Waals surface area contributed by atoms with Gasteiger partial charge in [-0.2, -0.15) is 0 Å². The zero-order valence-electron chi connectivity index (χ0n) is 10.5. The molecule has 0 saturated heterocycles. The van der Waals surface area contributed by atoms with Crippen LogP contribution in [0.25, 0.3) is 0 Å². The van der Waals surface area contributed by atoms with Crippen LogP contribution in [0.4, 0.5) is 0 Å². The highest BCUT2D eigenvalue weighted by Crippen LogP contribution is 2.28. The first-order chi connectivity index (χ1) is 6.79. The van der Waals surface area contributed by atoms with E-state index in [2.05, 4.69) is 27.7 Å². The Labute approximate surface area is 92.7 Å². The summed E-state index contributed by atoms with van der Waals surface area (Å²) in [5, 5.41) is 0. The van der Waals surface area contributed by atoms with Crippen LogP contribution < -0.4 is 0 Å². The lowest BCUT2D eigenvalue weighted by molar-refractivity contribution is -0.148. The van der Waals surface area contributed by atoms with Gasteiger partial charge in [-0.25, -0.2) is 4.79 Å². The molecule has 0 radical (unpaired) electrons. The van der Waals surface area contributed by atoms with E-state index in [4.69, 9.17) is 4.74 Å². The summed E-state index contributed by atoms with van der Waals surface area (Å²) in [7, 11) is 0. The SMILES string of the molecule is CC1=CC(C)C(CCC(C)(C)C)OC1=O. The second kappa shape index (κ2) is 4.38. The van der Waals surface area contributed by atoms with Crippen LogP contribution >= 0.6 is 0 Å². The Morgan fingerprint density at radius 1 is 1.40 bits per heavy atom. The summed E-state index contributed by atoms with van der Waals surface area (Å²) in [4.78, 5) is 11.4. The number of cyclic esters (lactones) is 1. The summed E-state index contributed by atoms with van der Waals surface area (Å²) in [5.74, 6) is 0.206. The van der Waals surface area contributed by atoms with E-state index < -0.39 is 0 Å². The molecule has 2 nitrogen and oxygen atoms in total. The van der Waals surface area contributed by atoms with Crippen LogP contribution in [0.1, 0.15) is 47.5 Å². The lowest BCUT2D eigenvalue weighted by atomic mass is 9.86. The third-order valence-corrected chi connectivity index (χ3v) is 2.86. The van der Waals surface area contributed by atoms with Gasteiger partial charge in [0.15, 0.2) is 0 Å². The normalized spacial score (nSPS) is 27.3. The molecule has 1 aliphatic rings. The number of hydrogen-bond donors (Lipinski definition) is 0. The fourth-order valence-corrected chi connectivity index (χ4v) is 1.80. The maximum Gasteiger partial charge on any atom is 0.333 e. The van der Waals surface area contributed by atoms with Crippen molar-refractivity contribution in [3.8, 4) is 0 Å². The van der Waals surface area contributed by atoms with Crippen LogP contribution in [0.15, 0.2) is 11.6 Å². The maximum absolute atomic E-state index is 11.4. The van der Waals surface area contributed by atoms with Crippen molar-refractivity contribution >= 4 is 5.97 Å². The van der Waals surface area contributed by atoms with E-state index in [-0.39, 0.29) is 12.1 Å². The first kappa shape index (κ1) is 12.3. The van der Waals surface area contributed by atoms with Crippen molar-refractivity contribution in [3.05, 3.63) is 11.6 Å². The predicted octanol–water partition coefficient (Wildman–Crippen LogP) is 3.32. The molecule has 1 rings (SSSR count). The number of esters is 1. The van der Waals surface area contributed by atoms with Crippen LogP contribution in [-0.2, 0) is 9.53 Å². The fourth-order valence-electron chi connectivity index (χ4n) is 1.80. The van der Waals surface area contributed by atoms with Gasteiger partial charge in [0, 0.05) is 11.5 Å². The van der Waals surface area contributed by atoms with Gasteiger partial charge in [-0.1, -0.05) is 33.8 Å². The van der Waals surface area contributed by atoms with Gasteiger partial charge in [0.2, 0.25) is 0 Å². The molecule has 0 aromatic heterocycles. The van der Waals surface area contributed by atoms with Crippen molar-refractivity contribution < 1.29 is 9.53 Å². The number of hydrogen-bond acceptors (Lipinski definition) is 2. The largest absolute Gasteiger partial charge is 0.458 e. The minimum atomic E-state index is -0.146. The Balaban J connectivity index is 2.55. The molecule has 0 aromatic rings. The van der Waals surface area contributed by atoms with E-state index in [1.165, 1.54) is 0 Å². The Bertz CT molecular complexity index is 271. The van der Waals surface area contributed by atoms with Crippen molar-refractivity contribution in [2.24, 2.45) is 11.3 Å². The van der Waals surface area contributed by atoms with Crippen molar-refractivity contribution in [1.29, 1.82) is 0 Å². The summed E-state index contributed by atoms with van der Waals surface area (Å²) >= 11 is 0. The molecule has 0 bridgehead atoms. The predicted molar refractivity (Wildman–Crippen MR) is 61.5 cm³/mol. The van der Waals surface area contributed by atoms with Crippen LogP contribution in [0.2, 0.25) is 0 Å². The summed E-state index contributed by atoms with van der Waals surface area (Å²) in [6, 6.07) is 0. The molecule has 0 aliphatic carbocycles. The zero-order valence-corrected chi connectivity index (χ0v) is 10.5. The van der Waals surface area contributed by atoms with E-state index in [1.807, 2.05) is 13.0 Å². The summed E-state index contributed by atoms with van der Waals surface area (Å²) < 4.78 is 5.40. The van der Waals surface area contributed by atoms with E-state index in [9.17, 15) is 4.79 Å². The summed E-state index contributed by atoms with van der Waals surface area (Å²) in [6.07, 6.45) is 4.14. The van der Waals surface area contributed by atoms with Crippen molar-refractivity contribution in [2.75, 3.05) is 0 Å². The van der Waals surface area contributed by atoms with Gasteiger partial charge >= 0.3 is 5.97 Å².